The summed E-state index contributed by atoms with van der Waals surface area (Å²) in [6.07, 6.45) is 1.71. The van der Waals surface area contributed by atoms with Crippen molar-refractivity contribution in [1.82, 2.24) is 10.3 Å². The molecule has 0 fully saturated rings. The second-order valence-corrected chi connectivity index (χ2v) is 5.08. The van der Waals surface area contributed by atoms with Crippen molar-refractivity contribution in [3.63, 3.8) is 0 Å². The molecule has 0 spiro atoms. The van der Waals surface area contributed by atoms with Crippen molar-refractivity contribution in [2.24, 2.45) is 17.6 Å². The normalized spacial score (nSPS) is 12.2. The highest BCUT2D eigenvalue weighted by atomic mass is 32.1. The summed E-state index contributed by atoms with van der Waals surface area (Å²) in [7, 11) is 0. The summed E-state index contributed by atoms with van der Waals surface area (Å²) >= 11 is 4.93. The van der Waals surface area contributed by atoms with Crippen LogP contribution in [0.3, 0.4) is 0 Å². The molecule has 1 aromatic rings. The minimum Gasteiger partial charge on any atom is -0.393 e. The average Bonchev–Trinajstić information content (AvgIpc) is 2.27. The monoisotopic (exact) mass is 265 g/mol. The molecular weight excluding hydrogens is 246 g/mol. The van der Waals surface area contributed by atoms with E-state index < -0.39 is 5.92 Å². The third kappa shape index (κ3) is 3.77. The smallest absolute Gasteiger partial charge is 0.230 e. The summed E-state index contributed by atoms with van der Waals surface area (Å²) in [6.45, 7) is 6.21. The van der Waals surface area contributed by atoms with E-state index in [-0.39, 0.29) is 16.8 Å². The summed E-state index contributed by atoms with van der Waals surface area (Å²) < 4.78 is 0. The van der Waals surface area contributed by atoms with Gasteiger partial charge in [-0.25, -0.2) is 0 Å². The van der Waals surface area contributed by atoms with Crippen molar-refractivity contribution in [2.45, 2.75) is 27.3 Å². The summed E-state index contributed by atoms with van der Waals surface area (Å²) in [4.78, 5) is 16.5. The van der Waals surface area contributed by atoms with Gasteiger partial charge in [-0.1, -0.05) is 32.1 Å². The lowest BCUT2D eigenvalue weighted by molar-refractivity contribution is -0.124. The molecule has 0 aliphatic heterocycles. The van der Waals surface area contributed by atoms with Gasteiger partial charge in [0.25, 0.3) is 0 Å². The molecule has 0 aromatic carbocycles. The SMILES string of the molecule is Cc1cccnc1CNC(=O)C(C(N)=S)C(C)C. The van der Waals surface area contributed by atoms with Gasteiger partial charge in [-0.2, -0.15) is 0 Å². The Labute approximate surface area is 113 Å². The lowest BCUT2D eigenvalue weighted by atomic mass is 9.95. The molecular formula is C13H19N3OS. The number of aryl methyl sites for hydroxylation is 1. The number of hydrogen-bond donors (Lipinski definition) is 2. The van der Waals surface area contributed by atoms with Crippen molar-refractivity contribution in [3.8, 4) is 0 Å². The summed E-state index contributed by atoms with van der Waals surface area (Å²) in [5.41, 5.74) is 7.50. The van der Waals surface area contributed by atoms with Crippen LogP contribution in [0.2, 0.25) is 0 Å². The van der Waals surface area contributed by atoms with Crippen molar-refractivity contribution in [2.75, 3.05) is 0 Å². The van der Waals surface area contributed by atoms with Gasteiger partial charge < -0.3 is 11.1 Å². The molecule has 0 radical (unpaired) electrons. The van der Waals surface area contributed by atoms with Crippen LogP contribution in [0.4, 0.5) is 0 Å². The zero-order valence-corrected chi connectivity index (χ0v) is 11.8. The number of carbonyl (C=O) groups is 1. The number of carbonyl (C=O) groups excluding carboxylic acids is 1. The number of nitrogens with two attached hydrogens (primary N) is 1. The van der Waals surface area contributed by atoms with E-state index in [1.165, 1.54) is 0 Å². The zero-order valence-electron chi connectivity index (χ0n) is 10.9. The van der Waals surface area contributed by atoms with Gasteiger partial charge in [0, 0.05) is 6.20 Å². The Balaban J connectivity index is 2.66. The quantitative estimate of drug-likeness (QED) is 0.793. The topological polar surface area (TPSA) is 68.0 Å². The van der Waals surface area contributed by atoms with Crippen LogP contribution in [0.15, 0.2) is 18.3 Å². The van der Waals surface area contributed by atoms with E-state index in [9.17, 15) is 4.79 Å². The van der Waals surface area contributed by atoms with Crippen molar-refractivity contribution in [1.29, 1.82) is 0 Å². The molecule has 98 valence electrons. The molecule has 1 unspecified atom stereocenters. The van der Waals surface area contributed by atoms with Gasteiger partial charge in [-0.15, -0.1) is 0 Å². The van der Waals surface area contributed by atoms with Crippen LogP contribution in [0.25, 0.3) is 0 Å². The van der Waals surface area contributed by atoms with Gasteiger partial charge in [-0.05, 0) is 24.5 Å². The Hall–Kier alpha value is -1.49. The zero-order chi connectivity index (χ0) is 13.7. The Morgan fingerprint density at radius 1 is 1.56 bits per heavy atom. The maximum absolute atomic E-state index is 12.0. The van der Waals surface area contributed by atoms with Crippen molar-refractivity contribution < 1.29 is 4.79 Å². The largest absolute Gasteiger partial charge is 0.393 e. The molecule has 1 aromatic heterocycles. The summed E-state index contributed by atoms with van der Waals surface area (Å²) in [5.74, 6) is -0.473. The second kappa shape index (κ2) is 6.44. The molecule has 0 aliphatic carbocycles. The lowest BCUT2D eigenvalue weighted by Gasteiger charge is -2.18. The molecule has 5 heteroatoms. The predicted molar refractivity (Wildman–Crippen MR) is 75.9 cm³/mol. The highest BCUT2D eigenvalue weighted by Gasteiger charge is 2.24. The fourth-order valence-corrected chi connectivity index (χ4v) is 2.12. The van der Waals surface area contributed by atoms with Gasteiger partial charge >= 0.3 is 0 Å². The Bertz CT molecular complexity index is 446. The van der Waals surface area contributed by atoms with E-state index in [1.807, 2.05) is 32.9 Å². The van der Waals surface area contributed by atoms with Crippen LogP contribution >= 0.6 is 12.2 Å². The Morgan fingerprint density at radius 2 is 2.22 bits per heavy atom. The van der Waals surface area contributed by atoms with Crippen LogP contribution in [0.5, 0.6) is 0 Å². The average molecular weight is 265 g/mol. The molecule has 18 heavy (non-hydrogen) atoms. The third-order valence-electron chi connectivity index (χ3n) is 2.80. The van der Waals surface area contributed by atoms with Crippen LogP contribution < -0.4 is 11.1 Å². The van der Waals surface area contributed by atoms with Gasteiger partial charge in [0.05, 0.1) is 23.1 Å². The molecule has 3 N–H and O–H groups in total. The molecule has 0 aliphatic rings. The standard InChI is InChI=1S/C13H19N3OS/c1-8(2)11(12(14)18)13(17)16-7-10-9(3)5-4-6-15-10/h4-6,8,11H,7H2,1-3H3,(H2,14,18)(H,16,17). The van der Waals surface area contributed by atoms with Gasteiger partial charge in [0.2, 0.25) is 5.91 Å². The predicted octanol–water partition coefficient (Wildman–Crippen LogP) is 1.56. The molecule has 1 rings (SSSR count). The van der Waals surface area contributed by atoms with E-state index in [1.54, 1.807) is 6.20 Å². The molecule has 1 amide bonds. The fourth-order valence-electron chi connectivity index (χ4n) is 1.74. The van der Waals surface area contributed by atoms with E-state index in [2.05, 4.69) is 10.3 Å². The molecule has 4 nitrogen and oxygen atoms in total. The first-order chi connectivity index (χ1) is 8.43. The van der Waals surface area contributed by atoms with E-state index in [0.29, 0.717) is 6.54 Å². The van der Waals surface area contributed by atoms with Gasteiger partial charge in [0.15, 0.2) is 0 Å². The number of amides is 1. The lowest BCUT2D eigenvalue weighted by Crippen LogP contribution is -2.40. The molecule has 0 saturated heterocycles. The Morgan fingerprint density at radius 3 is 2.72 bits per heavy atom. The fraction of sp³-hybridized carbons (Fsp3) is 0.462. The first-order valence-electron chi connectivity index (χ1n) is 5.91. The number of thiocarbonyl (C=S) groups is 1. The number of aromatic nitrogens is 1. The highest BCUT2D eigenvalue weighted by molar-refractivity contribution is 7.80. The molecule has 1 heterocycles. The van der Waals surface area contributed by atoms with Gasteiger partial charge in [-0.3, -0.25) is 9.78 Å². The van der Waals surface area contributed by atoms with Crippen LogP contribution in [0.1, 0.15) is 25.1 Å². The highest BCUT2D eigenvalue weighted by Crippen LogP contribution is 2.12. The molecule has 0 bridgehead atoms. The minimum absolute atomic E-state index is 0.0901. The minimum atomic E-state index is -0.427. The molecule has 0 saturated carbocycles. The van der Waals surface area contributed by atoms with E-state index in [4.69, 9.17) is 18.0 Å². The third-order valence-corrected chi connectivity index (χ3v) is 3.06. The maximum Gasteiger partial charge on any atom is 0.230 e. The van der Waals surface area contributed by atoms with E-state index in [0.717, 1.165) is 11.3 Å². The number of nitrogens with zero attached hydrogens (tertiary/aromatic N) is 1. The molecule has 1 atom stereocenters. The Kier molecular flexibility index (Phi) is 5.22. The van der Waals surface area contributed by atoms with Crippen LogP contribution in [-0.4, -0.2) is 15.9 Å². The van der Waals surface area contributed by atoms with Crippen LogP contribution in [-0.2, 0) is 11.3 Å². The summed E-state index contributed by atoms with van der Waals surface area (Å²) in [6, 6.07) is 3.83. The number of pyridine rings is 1. The first-order valence-corrected chi connectivity index (χ1v) is 6.31. The second-order valence-electron chi connectivity index (χ2n) is 4.61. The first kappa shape index (κ1) is 14.6. The van der Waals surface area contributed by atoms with Crippen molar-refractivity contribution >= 4 is 23.1 Å². The number of hydrogen-bond acceptors (Lipinski definition) is 3. The number of rotatable bonds is 5. The summed E-state index contributed by atoms with van der Waals surface area (Å²) in [5, 5.41) is 2.83. The van der Waals surface area contributed by atoms with Crippen LogP contribution in [0, 0.1) is 18.8 Å². The van der Waals surface area contributed by atoms with Crippen molar-refractivity contribution in [3.05, 3.63) is 29.6 Å². The van der Waals surface area contributed by atoms with E-state index >= 15 is 0 Å². The number of nitrogens with one attached hydrogen (secondary N) is 1. The maximum atomic E-state index is 12.0. The van der Waals surface area contributed by atoms with Gasteiger partial charge in [0.1, 0.15) is 0 Å².